The summed E-state index contributed by atoms with van der Waals surface area (Å²) < 4.78 is 40.5. The summed E-state index contributed by atoms with van der Waals surface area (Å²) in [6.07, 6.45) is 3.05. The molecule has 12 heteroatoms. The highest BCUT2D eigenvalue weighted by Crippen LogP contribution is 2.33. The Balaban J connectivity index is 1.20. The van der Waals surface area contributed by atoms with Crippen molar-refractivity contribution in [3.63, 3.8) is 0 Å². The minimum Gasteiger partial charge on any atom is -0.497 e. The van der Waals surface area contributed by atoms with Gasteiger partial charge in [0, 0.05) is 55.6 Å². The Bertz CT molecular complexity index is 1730. The van der Waals surface area contributed by atoms with Gasteiger partial charge >= 0.3 is 0 Å². The second kappa shape index (κ2) is 12.1. The number of aromatic nitrogens is 2. The van der Waals surface area contributed by atoms with E-state index in [1.807, 2.05) is 6.07 Å². The van der Waals surface area contributed by atoms with Crippen LogP contribution in [0.1, 0.15) is 19.3 Å². The molecule has 1 aromatic heterocycles. The van der Waals surface area contributed by atoms with Crippen LogP contribution in [-0.4, -0.2) is 63.0 Å². The van der Waals surface area contributed by atoms with Crippen LogP contribution in [0, 0.1) is 11.8 Å². The van der Waals surface area contributed by atoms with E-state index < -0.39 is 10.0 Å². The molecule has 0 spiro atoms. The molecule has 2 aliphatic rings. The highest BCUT2D eigenvalue weighted by atomic mass is 32.2. The van der Waals surface area contributed by atoms with E-state index in [2.05, 4.69) is 30.2 Å². The van der Waals surface area contributed by atoms with E-state index in [4.69, 9.17) is 9.47 Å². The zero-order chi connectivity index (χ0) is 30.0. The van der Waals surface area contributed by atoms with Crippen LogP contribution in [0.2, 0.25) is 0 Å². The minimum atomic E-state index is -4.11. The van der Waals surface area contributed by atoms with Gasteiger partial charge in [-0.05, 0) is 55.0 Å². The lowest BCUT2D eigenvalue weighted by Gasteiger charge is -2.39. The van der Waals surface area contributed by atoms with Gasteiger partial charge in [0.1, 0.15) is 11.5 Å². The summed E-state index contributed by atoms with van der Waals surface area (Å²) in [6, 6.07) is 18.5. The first-order valence-electron chi connectivity index (χ1n) is 14.2. The first-order valence-corrected chi connectivity index (χ1v) is 15.7. The van der Waals surface area contributed by atoms with Crippen molar-refractivity contribution in [1.29, 1.82) is 0 Å². The molecule has 4 aromatic rings. The number of benzene rings is 3. The Kier molecular flexibility index (Phi) is 8.04. The number of hydrogen-bond donors (Lipinski definition) is 3. The van der Waals surface area contributed by atoms with Gasteiger partial charge in [-0.3, -0.25) is 9.52 Å². The molecule has 1 saturated carbocycles. The Morgan fingerprint density at radius 2 is 1.53 bits per heavy atom. The summed E-state index contributed by atoms with van der Waals surface area (Å²) >= 11 is 0. The summed E-state index contributed by atoms with van der Waals surface area (Å²) in [4.78, 5) is 24.3. The van der Waals surface area contributed by atoms with Crippen LogP contribution in [0.4, 0.5) is 23.0 Å². The number of ether oxygens (including phenoxy) is 2. The Labute approximate surface area is 250 Å². The lowest BCUT2D eigenvalue weighted by molar-refractivity contribution is -0.118. The van der Waals surface area contributed by atoms with E-state index >= 15 is 0 Å². The molecule has 0 radical (unpaired) electrons. The molecule has 1 amide bonds. The quantitative estimate of drug-likeness (QED) is 0.208. The maximum atomic E-state index is 13.6. The minimum absolute atomic E-state index is 0.00987. The standard InChI is InChI=1S/C31H34N6O5S/c1-41-24-13-23(14-25(16-24)42-2)33-30-31(35-28-9-4-3-8-27(28)34-30)36-43(39,40)26-7-5-6-22(15-26)32-29(38)12-21-18-37(19-21)17-20-10-11-20/h3-9,13-16,20-21H,10-12,17-19H2,1-2H3,(H,32,38)(H,33,34)(H,35,36). The number of nitrogens with zero attached hydrogens (tertiary/aromatic N) is 3. The summed E-state index contributed by atoms with van der Waals surface area (Å²) in [5.74, 6) is 2.34. The van der Waals surface area contributed by atoms with Crippen LogP contribution in [-0.2, 0) is 14.8 Å². The Morgan fingerprint density at radius 1 is 0.860 bits per heavy atom. The summed E-state index contributed by atoms with van der Waals surface area (Å²) in [6.45, 7) is 3.01. The molecule has 0 unspecified atom stereocenters. The number of fused-ring (bicyclic) bond motifs is 1. The fourth-order valence-electron chi connectivity index (χ4n) is 5.20. The molecule has 1 aliphatic heterocycles. The molecule has 6 rings (SSSR count). The molecule has 3 N–H and O–H groups in total. The lowest BCUT2D eigenvalue weighted by atomic mass is 9.95. The summed E-state index contributed by atoms with van der Waals surface area (Å²) in [5.41, 5.74) is 2.07. The molecule has 3 aromatic carbocycles. The van der Waals surface area contributed by atoms with Crippen molar-refractivity contribution in [2.75, 3.05) is 49.2 Å². The first-order chi connectivity index (χ1) is 20.8. The van der Waals surface area contributed by atoms with Crippen molar-refractivity contribution in [2.45, 2.75) is 24.2 Å². The summed E-state index contributed by atoms with van der Waals surface area (Å²) in [5, 5.41) is 6.01. The van der Waals surface area contributed by atoms with Gasteiger partial charge in [-0.15, -0.1) is 0 Å². The van der Waals surface area contributed by atoms with Gasteiger partial charge in [0.15, 0.2) is 11.6 Å². The van der Waals surface area contributed by atoms with E-state index in [-0.39, 0.29) is 22.4 Å². The number of carbonyl (C=O) groups is 1. The third kappa shape index (κ3) is 6.98. The van der Waals surface area contributed by atoms with Crippen molar-refractivity contribution in [1.82, 2.24) is 14.9 Å². The third-order valence-electron chi connectivity index (χ3n) is 7.56. The average Bonchev–Trinajstić information content (AvgIpc) is 3.80. The molecular weight excluding hydrogens is 568 g/mol. The molecule has 224 valence electrons. The molecule has 1 aliphatic carbocycles. The maximum absolute atomic E-state index is 13.6. The SMILES string of the molecule is COc1cc(Nc2nc3ccccc3nc2NS(=O)(=O)c2cccc(NC(=O)CC3CN(CC4CC4)C3)c2)cc(OC)c1. The number of para-hydroxylation sites is 2. The highest BCUT2D eigenvalue weighted by molar-refractivity contribution is 7.92. The first kappa shape index (κ1) is 28.7. The average molecular weight is 603 g/mol. The second-order valence-corrected chi connectivity index (χ2v) is 12.7. The number of likely N-dealkylation sites (tertiary alicyclic amines) is 1. The van der Waals surface area contributed by atoms with Crippen molar-refractivity contribution in [2.24, 2.45) is 11.8 Å². The fourth-order valence-corrected chi connectivity index (χ4v) is 6.25. The van der Waals surface area contributed by atoms with Gasteiger partial charge in [-0.2, -0.15) is 0 Å². The zero-order valence-electron chi connectivity index (χ0n) is 24.0. The number of methoxy groups -OCH3 is 2. The maximum Gasteiger partial charge on any atom is 0.263 e. The highest BCUT2D eigenvalue weighted by Gasteiger charge is 2.33. The fraction of sp³-hybridized carbons (Fsp3) is 0.323. The van der Waals surface area contributed by atoms with Gasteiger partial charge < -0.3 is 25.0 Å². The van der Waals surface area contributed by atoms with Crippen molar-refractivity contribution < 1.29 is 22.7 Å². The van der Waals surface area contributed by atoms with Gasteiger partial charge in [-0.25, -0.2) is 18.4 Å². The molecule has 2 heterocycles. The lowest BCUT2D eigenvalue weighted by Crippen LogP contribution is -2.48. The molecule has 0 atom stereocenters. The smallest absolute Gasteiger partial charge is 0.263 e. The number of amides is 1. The molecule has 11 nitrogen and oxygen atoms in total. The van der Waals surface area contributed by atoms with Crippen molar-refractivity contribution in [3.8, 4) is 11.5 Å². The second-order valence-electron chi connectivity index (χ2n) is 11.0. The molecular formula is C31H34N6O5S. The largest absolute Gasteiger partial charge is 0.497 e. The number of rotatable bonds is 12. The van der Waals surface area contributed by atoms with E-state index in [1.165, 1.54) is 25.0 Å². The van der Waals surface area contributed by atoms with E-state index in [0.29, 0.717) is 46.2 Å². The van der Waals surface area contributed by atoms with Crippen molar-refractivity contribution >= 4 is 50.0 Å². The summed E-state index contributed by atoms with van der Waals surface area (Å²) in [7, 11) is -1.02. The normalized spacial score (nSPS) is 15.5. The third-order valence-corrected chi connectivity index (χ3v) is 8.90. The van der Waals surface area contributed by atoms with Crippen LogP contribution in [0.25, 0.3) is 11.0 Å². The number of sulfonamides is 1. The van der Waals surface area contributed by atoms with Gasteiger partial charge in [-0.1, -0.05) is 18.2 Å². The molecule has 1 saturated heterocycles. The number of anilines is 4. The monoisotopic (exact) mass is 602 g/mol. The Hall–Kier alpha value is -4.42. The number of carbonyl (C=O) groups excluding carboxylic acids is 1. The van der Waals surface area contributed by atoms with E-state index in [9.17, 15) is 13.2 Å². The van der Waals surface area contributed by atoms with Gasteiger partial charge in [0.05, 0.1) is 30.1 Å². The van der Waals surface area contributed by atoms with Gasteiger partial charge in [0.25, 0.3) is 10.0 Å². The zero-order valence-corrected chi connectivity index (χ0v) is 24.9. The van der Waals surface area contributed by atoms with Gasteiger partial charge in [0.2, 0.25) is 5.91 Å². The topological polar surface area (TPSA) is 135 Å². The van der Waals surface area contributed by atoms with Crippen molar-refractivity contribution in [3.05, 3.63) is 66.7 Å². The van der Waals surface area contributed by atoms with Crippen LogP contribution in [0.3, 0.4) is 0 Å². The predicted molar refractivity (Wildman–Crippen MR) is 166 cm³/mol. The molecule has 43 heavy (non-hydrogen) atoms. The molecule has 0 bridgehead atoms. The van der Waals surface area contributed by atoms with Crippen LogP contribution in [0.5, 0.6) is 11.5 Å². The number of nitrogens with one attached hydrogen (secondary N) is 3. The van der Waals surface area contributed by atoms with Crippen LogP contribution < -0.4 is 24.8 Å². The van der Waals surface area contributed by atoms with Crippen LogP contribution in [0.15, 0.2) is 71.6 Å². The van der Waals surface area contributed by atoms with E-state index in [0.717, 1.165) is 25.6 Å². The molecule has 2 fully saturated rings. The Morgan fingerprint density at radius 3 is 2.19 bits per heavy atom. The van der Waals surface area contributed by atoms with Crippen LogP contribution >= 0.6 is 0 Å². The van der Waals surface area contributed by atoms with E-state index in [1.54, 1.807) is 62.8 Å². The predicted octanol–water partition coefficient (Wildman–Crippen LogP) is 4.86. The number of hydrogen-bond acceptors (Lipinski definition) is 9.